The minimum Gasteiger partial charge on any atom is -0.439 e. The van der Waals surface area contributed by atoms with E-state index in [-0.39, 0.29) is 7.43 Å². The molecule has 0 saturated carbocycles. The lowest BCUT2D eigenvalue weighted by atomic mass is 11.8. The molecular weight excluding hydrogens is 425 g/mol. The summed E-state index contributed by atoms with van der Waals surface area (Å²) in [5.74, 6) is 0. The first kappa shape index (κ1) is 31.8. The molecule has 0 atom stereocenters. The van der Waals surface area contributed by atoms with Gasteiger partial charge in [0.2, 0.25) is 0 Å². The summed E-state index contributed by atoms with van der Waals surface area (Å²) in [6.07, 6.45) is 0. The van der Waals surface area contributed by atoms with E-state index < -0.39 is 51.1 Å². The average Bonchev–Trinajstić information content (AvgIpc) is 1.99. The first-order chi connectivity index (χ1) is 10.5. The maximum Gasteiger partial charge on any atom is 0.311 e. The summed E-state index contributed by atoms with van der Waals surface area (Å²) in [4.78, 5) is 0. The first-order valence-electron chi connectivity index (χ1n) is 9.27. The zero-order valence-electron chi connectivity index (χ0n) is 19.7. The van der Waals surface area contributed by atoms with Gasteiger partial charge in [-0.1, -0.05) is 7.43 Å². The molecule has 26 heavy (non-hydrogen) atoms. The molecule has 0 spiro atoms. The third-order valence-electron chi connectivity index (χ3n) is 2.14. The SMILES string of the molecule is C.C[SiH](O[Si](C)(C)C)O[Si](C)(C)C.C[Si](C)(C)O[Si](C)(C)O[Si](C)(C)C. The van der Waals surface area contributed by atoms with Gasteiger partial charge in [-0.25, -0.2) is 0 Å². The van der Waals surface area contributed by atoms with Gasteiger partial charge in [-0.2, -0.15) is 0 Å². The van der Waals surface area contributed by atoms with Crippen molar-refractivity contribution in [3.63, 3.8) is 0 Å². The fourth-order valence-electron chi connectivity index (χ4n) is 2.52. The van der Waals surface area contributed by atoms with E-state index in [0.717, 1.165) is 0 Å². The van der Waals surface area contributed by atoms with Crippen LogP contribution in [0.2, 0.25) is 98.2 Å². The van der Waals surface area contributed by atoms with Crippen LogP contribution in [0.4, 0.5) is 0 Å². The molecule has 0 aromatic carbocycles. The molecule has 0 amide bonds. The normalized spacial score (nSPS) is 13.8. The lowest BCUT2D eigenvalue weighted by Crippen LogP contribution is -2.50. The monoisotopic (exact) mass is 474 g/mol. The largest absolute Gasteiger partial charge is 0.439 e. The highest BCUT2D eigenvalue weighted by molar-refractivity contribution is 6.87. The Labute approximate surface area is 173 Å². The molecule has 0 aliphatic rings. The molecule has 0 unspecified atom stereocenters. The number of rotatable bonds is 8. The van der Waals surface area contributed by atoms with Crippen molar-refractivity contribution in [3.8, 4) is 0 Å². The maximum absolute atomic E-state index is 6.09. The van der Waals surface area contributed by atoms with Gasteiger partial charge in [0.05, 0.1) is 0 Å². The second kappa shape index (κ2) is 11.4. The predicted octanol–water partition coefficient (Wildman–Crippen LogP) is 6.57. The summed E-state index contributed by atoms with van der Waals surface area (Å²) in [6.45, 7) is 33.0. The van der Waals surface area contributed by atoms with E-state index >= 15 is 0 Å². The molecule has 0 aliphatic heterocycles. The highest BCUT2D eigenvalue weighted by Crippen LogP contribution is 2.19. The fourth-order valence-corrected chi connectivity index (χ4v) is 23.4. The van der Waals surface area contributed by atoms with Crippen molar-refractivity contribution in [1.82, 2.24) is 0 Å². The topological polar surface area (TPSA) is 36.9 Å². The van der Waals surface area contributed by atoms with Gasteiger partial charge in [0.15, 0.2) is 33.3 Å². The molecule has 0 radical (unpaired) electrons. The molecular formula is C16H50O4Si6. The fraction of sp³-hybridized carbons (Fsp3) is 1.00. The highest BCUT2D eigenvalue weighted by atomic mass is 28.5. The summed E-state index contributed by atoms with van der Waals surface area (Å²) >= 11 is 0. The Morgan fingerprint density at radius 1 is 0.462 bits per heavy atom. The highest BCUT2D eigenvalue weighted by Gasteiger charge is 2.35. The van der Waals surface area contributed by atoms with E-state index in [1.165, 1.54) is 0 Å². The van der Waals surface area contributed by atoms with E-state index in [0.29, 0.717) is 0 Å². The third kappa shape index (κ3) is 27.4. The molecule has 0 aromatic rings. The van der Waals surface area contributed by atoms with Crippen LogP contribution >= 0.6 is 0 Å². The quantitative estimate of drug-likeness (QED) is 0.373. The average molecular weight is 475 g/mol. The standard InChI is InChI=1S/C8H24O2Si3.C7H22O2Si3.CH4/c1-11(2,3)9-13(7,8)10-12(4,5)6;1-10(8-11(2,3)4)9-12(5,6)7;/h1-8H3;10H,1-7H3;1H4. The summed E-state index contributed by atoms with van der Waals surface area (Å²) in [7, 11) is -8.77. The van der Waals surface area contributed by atoms with Gasteiger partial charge in [0.25, 0.3) is 9.28 Å². The van der Waals surface area contributed by atoms with Crippen LogP contribution in [0.5, 0.6) is 0 Å². The van der Waals surface area contributed by atoms with Crippen LogP contribution in [0, 0.1) is 0 Å². The Morgan fingerprint density at radius 3 is 0.846 bits per heavy atom. The number of hydrogen-bond acceptors (Lipinski definition) is 4. The van der Waals surface area contributed by atoms with Crippen molar-refractivity contribution >= 4 is 51.1 Å². The van der Waals surface area contributed by atoms with Gasteiger partial charge in [0, 0.05) is 0 Å². The predicted molar refractivity (Wildman–Crippen MR) is 135 cm³/mol. The molecule has 0 N–H and O–H groups in total. The molecule has 4 nitrogen and oxygen atoms in total. The van der Waals surface area contributed by atoms with Crippen molar-refractivity contribution < 1.29 is 16.5 Å². The van der Waals surface area contributed by atoms with Gasteiger partial charge >= 0.3 is 8.56 Å². The van der Waals surface area contributed by atoms with Crippen LogP contribution in [-0.2, 0) is 16.5 Å². The Morgan fingerprint density at radius 2 is 0.692 bits per heavy atom. The lowest BCUT2D eigenvalue weighted by Gasteiger charge is -2.35. The van der Waals surface area contributed by atoms with Crippen molar-refractivity contribution in [2.24, 2.45) is 0 Å². The number of hydrogen-bond donors (Lipinski definition) is 0. The molecule has 0 fully saturated rings. The van der Waals surface area contributed by atoms with E-state index in [1.807, 2.05) is 0 Å². The van der Waals surface area contributed by atoms with Crippen molar-refractivity contribution in [2.75, 3.05) is 0 Å². The zero-order chi connectivity index (χ0) is 20.9. The molecule has 0 rings (SSSR count). The molecule has 10 heteroatoms. The Kier molecular flexibility index (Phi) is 13.9. The summed E-state index contributed by atoms with van der Waals surface area (Å²) in [5, 5.41) is 0. The second-order valence-corrected chi connectivity index (χ2v) is 35.2. The van der Waals surface area contributed by atoms with Crippen LogP contribution in [0.15, 0.2) is 0 Å². The third-order valence-corrected chi connectivity index (χ3v) is 19.3. The van der Waals surface area contributed by atoms with Crippen molar-refractivity contribution in [2.45, 2.75) is 106 Å². The molecule has 0 aliphatic carbocycles. The molecule has 0 bridgehead atoms. The molecule has 0 aromatic heterocycles. The minimum absolute atomic E-state index is 0. The smallest absolute Gasteiger partial charge is 0.311 e. The van der Waals surface area contributed by atoms with Crippen molar-refractivity contribution in [3.05, 3.63) is 0 Å². The first-order valence-corrected chi connectivity index (χ1v) is 27.8. The van der Waals surface area contributed by atoms with E-state index in [4.69, 9.17) is 16.5 Å². The van der Waals surface area contributed by atoms with Gasteiger partial charge in [0.1, 0.15) is 0 Å². The lowest BCUT2D eigenvalue weighted by molar-refractivity contribution is 0.395. The Bertz CT molecular complexity index is 344. The van der Waals surface area contributed by atoms with E-state index in [2.05, 4.69) is 98.2 Å². The van der Waals surface area contributed by atoms with Crippen LogP contribution in [0.3, 0.4) is 0 Å². The van der Waals surface area contributed by atoms with Gasteiger partial charge < -0.3 is 16.5 Å². The van der Waals surface area contributed by atoms with Gasteiger partial charge in [-0.05, 0) is 98.2 Å². The summed E-state index contributed by atoms with van der Waals surface area (Å²) < 4.78 is 24.0. The van der Waals surface area contributed by atoms with Crippen LogP contribution in [-0.4, -0.2) is 51.1 Å². The Balaban J connectivity index is -0.000000393. The van der Waals surface area contributed by atoms with Gasteiger partial charge in [-0.3, -0.25) is 0 Å². The van der Waals surface area contributed by atoms with E-state index in [1.54, 1.807) is 0 Å². The van der Waals surface area contributed by atoms with Crippen LogP contribution in [0.25, 0.3) is 0 Å². The molecule has 0 heterocycles. The van der Waals surface area contributed by atoms with Crippen molar-refractivity contribution in [1.29, 1.82) is 0 Å². The van der Waals surface area contributed by atoms with E-state index in [9.17, 15) is 0 Å². The second-order valence-electron chi connectivity index (χ2n) is 10.9. The van der Waals surface area contributed by atoms with Gasteiger partial charge in [-0.15, -0.1) is 0 Å². The zero-order valence-corrected chi connectivity index (χ0v) is 25.9. The van der Waals surface area contributed by atoms with Crippen LogP contribution < -0.4 is 0 Å². The summed E-state index contributed by atoms with van der Waals surface area (Å²) in [6, 6.07) is 0. The maximum atomic E-state index is 6.09. The molecule has 0 saturated heterocycles. The Hall–Kier alpha value is 1.14. The molecule has 162 valence electrons. The van der Waals surface area contributed by atoms with Crippen LogP contribution in [0.1, 0.15) is 7.43 Å². The minimum atomic E-state index is -1.85. The summed E-state index contributed by atoms with van der Waals surface area (Å²) in [5.41, 5.74) is 0.